The van der Waals surface area contributed by atoms with Crippen LogP contribution in [-0.4, -0.2) is 18.4 Å². The number of ketones is 1. The summed E-state index contributed by atoms with van der Waals surface area (Å²) in [5, 5.41) is 0. The summed E-state index contributed by atoms with van der Waals surface area (Å²) in [6.45, 7) is 3.94. The third kappa shape index (κ3) is 2.06. The molecule has 1 rings (SSSR count). The molecule has 0 radical (unpaired) electrons. The zero-order chi connectivity index (χ0) is 9.14. The van der Waals surface area contributed by atoms with Gasteiger partial charge in [0.1, 0.15) is 5.78 Å². The Morgan fingerprint density at radius 3 is 2.83 bits per heavy atom. The van der Waals surface area contributed by atoms with E-state index in [0.29, 0.717) is 13.0 Å². The van der Waals surface area contributed by atoms with Gasteiger partial charge in [0.05, 0.1) is 12.5 Å². The zero-order valence-electron chi connectivity index (χ0n) is 7.50. The van der Waals surface area contributed by atoms with E-state index in [4.69, 9.17) is 4.74 Å². The molecule has 3 nitrogen and oxygen atoms in total. The topological polar surface area (TPSA) is 43.4 Å². The van der Waals surface area contributed by atoms with Gasteiger partial charge in [-0.05, 0) is 19.8 Å². The van der Waals surface area contributed by atoms with Crippen molar-refractivity contribution in [3.05, 3.63) is 0 Å². The molecule has 3 heteroatoms. The maximum absolute atomic E-state index is 11.0. The molecule has 12 heavy (non-hydrogen) atoms. The molecule has 1 fully saturated rings. The van der Waals surface area contributed by atoms with Crippen LogP contribution < -0.4 is 0 Å². The number of carbonyl (C=O) groups excluding carboxylic acids is 2. The van der Waals surface area contributed by atoms with Gasteiger partial charge in [-0.3, -0.25) is 9.59 Å². The fourth-order valence-electron chi connectivity index (χ4n) is 1.34. The number of cyclic esters (lactones) is 1. The summed E-state index contributed by atoms with van der Waals surface area (Å²) < 4.78 is 4.80. The Hall–Kier alpha value is -0.860. The molecule has 0 amide bonds. The number of hydrogen-bond acceptors (Lipinski definition) is 3. The van der Waals surface area contributed by atoms with E-state index in [2.05, 4.69) is 0 Å². The lowest BCUT2D eigenvalue weighted by molar-refractivity contribution is -0.141. The Balaban J connectivity index is 2.40. The Kier molecular flexibility index (Phi) is 2.84. The van der Waals surface area contributed by atoms with Crippen LogP contribution in [0.25, 0.3) is 0 Å². The molecule has 1 heterocycles. The molecule has 68 valence electrons. The summed E-state index contributed by atoms with van der Waals surface area (Å²) >= 11 is 0. The van der Waals surface area contributed by atoms with E-state index < -0.39 is 0 Å². The summed E-state index contributed by atoms with van der Waals surface area (Å²) in [6, 6.07) is 0. The summed E-state index contributed by atoms with van der Waals surface area (Å²) in [4.78, 5) is 21.9. The summed E-state index contributed by atoms with van der Waals surface area (Å²) in [7, 11) is 0. The minimum atomic E-state index is -0.136. The lowest BCUT2D eigenvalue weighted by atomic mass is 9.92. The first kappa shape index (κ1) is 9.23. The Bertz CT molecular complexity index is 198. The molecule has 1 unspecified atom stereocenters. The van der Waals surface area contributed by atoms with Crippen LogP contribution in [0.4, 0.5) is 0 Å². The number of Topliss-reactive ketones (excluding diaryl/α,β-unsaturated/α-hetero) is 1. The molecule has 0 N–H and O–H groups in total. The SMILES string of the molecule is CC(=O)[C@@H](C)CC1CCOC1=O. The number of rotatable bonds is 3. The minimum absolute atomic E-state index is 0.0133. The van der Waals surface area contributed by atoms with Gasteiger partial charge in [-0.15, -0.1) is 0 Å². The van der Waals surface area contributed by atoms with Gasteiger partial charge in [-0.2, -0.15) is 0 Å². The van der Waals surface area contributed by atoms with Gasteiger partial charge in [-0.1, -0.05) is 6.92 Å². The van der Waals surface area contributed by atoms with Gasteiger partial charge in [0.15, 0.2) is 0 Å². The highest BCUT2D eigenvalue weighted by atomic mass is 16.5. The Morgan fingerprint density at radius 2 is 2.42 bits per heavy atom. The van der Waals surface area contributed by atoms with Crippen LogP contribution in [-0.2, 0) is 14.3 Å². The smallest absolute Gasteiger partial charge is 0.309 e. The van der Waals surface area contributed by atoms with Crippen LogP contribution in [0.2, 0.25) is 0 Å². The molecule has 0 aromatic rings. The molecule has 2 atom stereocenters. The highest BCUT2D eigenvalue weighted by Crippen LogP contribution is 2.22. The van der Waals surface area contributed by atoms with E-state index >= 15 is 0 Å². The summed E-state index contributed by atoms with van der Waals surface area (Å²) in [6.07, 6.45) is 1.42. The predicted molar refractivity (Wildman–Crippen MR) is 43.5 cm³/mol. The maximum atomic E-state index is 11.0. The van der Waals surface area contributed by atoms with Crippen molar-refractivity contribution in [2.75, 3.05) is 6.61 Å². The first-order chi connectivity index (χ1) is 5.61. The van der Waals surface area contributed by atoms with Crippen LogP contribution in [0.15, 0.2) is 0 Å². The number of hydrogen-bond donors (Lipinski definition) is 0. The molecule has 1 aliphatic rings. The predicted octanol–water partition coefficient (Wildman–Crippen LogP) is 1.16. The van der Waals surface area contributed by atoms with Crippen LogP contribution in [0, 0.1) is 11.8 Å². The van der Waals surface area contributed by atoms with Gasteiger partial charge in [0.25, 0.3) is 0 Å². The standard InChI is InChI=1S/C9H14O3/c1-6(7(2)10)5-8-3-4-12-9(8)11/h6,8H,3-5H2,1-2H3/t6-,8?/m0/s1. The van der Waals surface area contributed by atoms with Crippen molar-refractivity contribution in [3.63, 3.8) is 0 Å². The number of carbonyl (C=O) groups is 2. The monoisotopic (exact) mass is 170 g/mol. The van der Waals surface area contributed by atoms with E-state index in [1.807, 2.05) is 6.92 Å². The van der Waals surface area contributed by atoms with Gasteiger partial charge in [0, 0.05) is 5.92 Å². The Morgan fingerprint density at radius 1 is 1.75 bits per heavy atom. The largest absolute Gasteiger partial charge is 0.465 e. The second kappa shape index (κ2) is 3.70. The lowest BCUT2D eigenvalue weighted by Gasteiger charge is -2.09. The van der Waals surface area contributed by atoms with Crippen molar-refractivity contribution in [1.29, 1.82) is 0 Å². The molecule has 0 spiro atoms. The number of ether oxygens (including phenoxy) is 1. The molecule has 0 saturated carbocycles. The molecular weight excluding hydrogens is 156 g/mol. The van der Waals surface area contributed by atoms with Crippen molar-refractivity contribution in [3.8, 4) is 0 Å². The van der Waals surface area contributed by atoms with Gasteiger partial charge < -0.3 is 4.74 Å². The van der Waals surface area contributed by atoms with Crippen molar-refractivity contribution >= 4 is 11.8 Å². The van der Waals surface area contributed by atoms with Gasteiger partial charge in [0.2, 0.25) is 0 Å². The highest BCUT2D eigenvalue weighted by molar-refractivity contribution is 5.79. The average molecular weight is 170 g/mol. The minimum Gasteiger partial charge on any atom is -0.465 e. The van der Waals surface area contributed by atoms with Crippen molar-refractivity contribution in [2.45, 2.75) is 26.7 Å². The first-order valence-electron chi connectivity index (χ1n) is 4.28. The highest BCUT2D eigenvalue weighted by Gasteiger charge is 2.28. The van der Waals surface area contributed by atoms with Crippen LogP contribution in [0.5, 0.6) is 0 Å². The van der Waals surface area contributed by atoms with Crippen LogP contribution in [0.1, 0.15) is 26.7 Å². The van der Waals surface area contributed by atoms with Crippen molar-refractivity contribution < 1.29 is 14.3 Å². The second-order valence-electron chi connectivity index (χ2n) is 3.40. The van der Waals surface area contributed by atoms with E-state index in [1.54, 1.807) is 6.92 Å². The fraction of sp³-hybridized carbons (Fsp3) is 0.778. The quantitative estimate of drug-likeness (QED) is 0.597. The normalized spacial score (nSPS) is 25.2. The second-order valence-corrected chi connectivity index (χ2v) is 3.40. The molecule has 1 saturated heterocycles. The summed E-state index contributed by atoms with van der Waals surface area (Å²) in [5.41, 5.74) is 0. The average Bonchev–Trinajstić information content (AvgIpc) is 2.36. The molecule has 0 aromatic carbocycles. The lowest BCUT2D eigenvalue weighted by Crippen LogP contribution is -2.16. The summed E-state index contributed by atoms with van der Waals surface area (Å²) in [5.74, 6) is -0.0395. The maximum Gasteiger partial charge on any atom is 0.309 e. The molecular formula is C9H14O3. The molecule has 0 aromatic heterocycles. The third-order valence-corrected chi connectivity index (χ3v) is 2.38. The molecule has 1 aliphatic heterocycles. The van der Waals surface area contributed by atoms with Gasteiger partial charge in [-0.25, -0.2) is 0 Å². The van der Waals surface area contributed by atoms with E-state index in [-0.39, 0.29) is 23.6 Å². The first-order valence-corrected chi connectivity index (χ1v) is 4.28. The molecule has 0 aliphatic carbocycles. The zero-order valence-corrected chi connectivity index (χ0v) is 7.50. The Labute approximate surface area is 72.1 Å². The molecule has 0 bridgehead atoms. The van der Waals surface area contributed by atoms with Crippen molar-refractivity contribution in [1.82, 2.24) is 0 Å². The third-order valence-electron chi connectivity index (χ3n) is 2.38. The van der Waals surface area contributed by atoms with E-state index in [0.717, 1.165) is 6.42 Å². The van der Waals surface area contributed by atoms with E-state index in [1.165, 1.54) is 0 Å². The number of esters is 1. The van der Waals surface area contributed by atoms with Crippen molar-refractivity contribution in [2.24, 2.45) is 11.8 Å². The van der Waals surface area contributed by atoms with Gasteiger partial charge >= 0.3 is 5.97 Å². The van der Waals surface area contributed by atoms with Crippen LogP contribution in [0.3, 0.4) is 0 Å². The van der Waals surface area contributed by atoms with Crippen LogP contribution >= 0.6 is 0 Å². The fourth-order valence-corrected chi connectivity index (χ4v) is 1.34. The van der Waals surface area contributed by atoms with E-state index in [9.17, 15) is 9.59 Å².